The Morgan fingerprint density at radius 1 is 0.565 bits per heavy atom. The summed E-state index contributed by atoms with van der Waals surface area (Å²) in [5, 5.41) is 60.6. The number of carbonyl (C=O) groups excluding carboxylic acids is 9. The van der Waals surface area contributed by atoms with Gasteiger partial charge in [0.05, 0.1) is 25.3 Å². The highest BCUT2D eigenvalue weighted by atomic mass is 16.4. The van der Waals surface area contributed by atoms with Crippen LogP contribution in [-0.4, -0.2) is 185 Å². The number of amides is 9. The molecule has 1 rings (SSSR count). The number of rotatable bonds is 40. The molecule has 23 N–H and O–H groups in total. The average Bonchev–Trinajstić information content (AvgIpc) is 3.64. The number of aliphatic hydroxyl groups excluding tert-OH is 2. The van der Waals surface area contributed by atoms with Gasteiger partial charge < -0.3 is 96.9 Å². The number of nitrogens with one attached hydrogen (secondary N) is 9. The zero-order chi connectivity index (χ0) is 64.9. The second-order valence-electron chi connectivity index (χ2n) is 21.4. The second-order valence-corrected chi connectivity index (χ2v) is 21.4. The van der Waals surface area contributed by atoms with Crippen molar-refractivity contribution >= 4 is 71.1 Å². The molecule has 30 nitrogen and oxygen atoms in total. The molecule has 30 heteroatoms. The Labute approximate surface area is 497 Å². The van der Waals surface area contributed by atoms with Gasteiger partial charge in [0.15, 0.2) is 5.96 Å². The van der Waals surface area contributed by atoms with E-state index in [1.165, 1.54) is 6.92 Å². The maximum atomic E-state index is 14.4. The number of aliphatic carboxylic acids is 2. The van der Waals surface area contributed by atoms with Crippen LogP contribution in [0.1, 0.15) is 125 Å². The van der Waals surface area contributed by atoms with Gasteiger partial charge >= 0.3 is 5.97 Å². The fraction of sp³-hybridized carbons (Fsp3) is 0.673. The Hall–Kier alpha value is -7.54. The molecule has 0 radical (unpaired) electrons. The zero-order valence-corrected chi connectivity index (χ0v) is 50.3. The SMILES string of the molecule is CC(=O)O.CC[C@H](C)[C@H](NC(=O)[C@H](Cc1ccccc1)NC(=O)[C@H](CO)NC(=O)[C@H](CC(C)C)NC(=O)[C@@H](NC(=O)[C@@H](N)CCCN=C(N)N)C(C)C)C(=O)N[C@@H](CCCCN)C(=O)NCC(=O)N[C@H](C(=O)N[C@@H](CCCCN)C(=O)O)[C@@H](C)O. The van der Waals surface area contributed by atoms with Crippen molar-refractivity contribution in [2.45, 2.75) is 186 Å². The first-order valence-corrected chi connectivity index (χ1v) is 28.6. The molecule has 0 aromatic heterocycles. The second kappa shape index (κ2) is 42.3. The summed E-state index contributed by atoms with van der Waals surface area (Å²) in [6, 6.07) is -3.49. The first-order chi connectivity index (χ1) is 39.9. The van der Waals surface area contributed by atoms with Gasteiger partial charge in [0, 0.05) is 19.9 Å². The number of hydrogen-bond acceptors (Lipinski definition) is 17. The lowest BCUT2D eigenvalue weighted by Crippen LogP contribution is -2.62. The van der Waals surface area contributed by atoms with Crippen LogP contribution in [0.3, 0.4) is 0 Å². The highest BCUT2D eigenvalue weighted by Crippen LogP contribution is 2.14. The van der Waals surface area contributed by atoms with Gasteiger partial charge in [-0.2, -0.15) is 0 Å². The van der Waals surface area contributed by atoms with Gasteiger partial charge in [0.2, 0.25) is 53.2 Å². The number of carbonyl (C=O) groups is 11. The van der Waals surface area contributed by atoms with E-state index in [1.807, 2.05) is 0 Å². The van der Waals surface area contributed by atoms with Gasteiger partial charge in [-0.3, -0.25) is 52.9 Å². The van der Waals surface area contributed by atoms with Crippen molar-refractivity contribution in [3.63, 3.8) is 0 Å². The fourth-order valence-corrected chi connectivity index (χ4v) is 8.12. The minimum atomic E-state index is -1.66. The molecule has 0 aliphatic carbocycles. The van der Waals surface area contributed by atoms with E-state index in [1.54, 1.807) is 71.9 Å². The van der Waals surface area contributed by atoms with Gasteiger partial charge in [-0.25, -0.2) is 4.79 Å². The monoisotopic (exact) mass is 1210 g/mol. The Balaban J connectivity index is 0.0000170. The summed E-state index contributed by atoms with van der Waals surface area (Å²) in [5.41, 5.74) is 28.6. The summed E-state index contributed by atoms with van der Waals surface area (Å²) in [7, 11) is 0. The van der Waals surface area contributed by atoms with Crippen LogP contribution in [-0.2, 0) is 59.2 Å². The standard InChI is InChI=1S/C53H93N15O13.C2H4O2/c1-8-31(6)42(50(78)61-35(20-12-14-22-54)45(73)60-27-40(71)66-43(32(7)70)51(79)62-36(52(80)81)21-13-15-23-55)68-47(75)38(26-33-17-10-9-11-18-33)63-48(76)39(28-69)65-46(74)37(25-29(2)3)64-49(77)41(30(4)5)67-44(72)34(56)19-16-24-59-53(57)58;1-2(3)4/h9-11,17-18,29-32,34-39,41-43,69-70H,8,12-16,19-28,54-56H2,1-7H3,(H,60,73)(H,61,78)(H,62,79)(H,63,76)(H,64,77)(H,65,74)(H,66,71)(H,67,72)(H,68,75)(H,80,81)(H4,57,58,59);1H3,(H,3,4)/t31-,32+,34-,35-,36-,37-,38-,39-,41-,42-,43-;/m0./s1. The van der Waals surface area contributed by atoms with Crippen molar-refractivity contribution in [1.29, 1.82) is 0 Å². The number of aliphatic imine (C=N–C) groups is 1. The van der Waals surface area contributed by atoms with Gasteiger partial charge in [0.1, 0.15) is 48.3 Å². The molecule has 0 fully saturated rings. The van der Waals surface area contributed by atoms with Crippen molar-refractivity contribution in [1.82, 2.24) is 47.9 Å². The number of carboxylic acid groups (broad SMARTS) is 2. The fourth-order valence-electron chi connectivity index (χ4n) is 8.12. The van der Waals surface area contributed by atoms with Crippen LogP contribution in [0.2, 0.25) is 0 Å². The molecule has 9 amide bonds. The van der Waals surface area contributed by atoms with E-state index in [0.717, 1.165) is 6.92 Å². The van der Waals surface area contributed by atoms with E-state index < -0.39 is 151 Å². The lowest BCUT2D eigenvalue weighted by molar-refractivity contribution is -0.143. The highest BCUT2D eigenvalue weighted by Gasteiger charge is 2.36. The summed E-state index contributed by atoms with van der Waals surface area (Å²) in [5.74, 6) is -11.1. The summed E-state index contributed by atoms with van der Waals surface area (Å²) < 4.78 is 0. The van der Waals surface area contributed by atoms with E-state index in [9.17, 15) is 63.3 Å². The third-order valence-electron chi connectivity index (χ3n) is 13.1. The largest absolute Gasteiger partial charge is 0.481 e. The minimum Gasteiger partial charge on any atom is -0.481 e. The van der Waals surface area contributed by atoms with Crippen LogP contribution in [0.4, 0.5) is 0 Å². The topological polar surface area (TPSA) is 519 Å². The molecule has 0 aliphatic rings. The maximum absolute atomic E-state index is 14.4. The normalized spacial score (nSPS) is 14.9. The number of unbranched alkanes of at least 4 members (excludes halogenated alkanes) is 2. The third kappa shape index (κ3) is 32.4. The molecule has 0 saturated heterocycles. The first-order valence-electron chi connectivity index (χ1n) is 28.6. The maximum Gasteiger partial charge on any atom is 0.326 e. The number of nitrogens with zero attached hydrogens (tertiary/aromatic N) is 1. The highest BCUT2D eigenvalue weighted by molar-refractivity contribution is 5.98. The summed E-state index contributed by atoms with van der Waals surface area (Å²) >= 11 is 0. The molecule has 0 saturated carbocycles. The predicted molar refractivity (Wildman–Crippen MR) is 316 cm³/mol. The summed E-state index contributed by atoms with van der Waals surface area (Å²) in [4.78, 5) is 148. The summed E-state index contributed by atoms with van der Waals surface area (Å²) in [6.45, 7) is 11.8. The molecular weight excluding hydrogens is 1110 g/mol. The van der Waals surface area contributed by atoms with Crippen molar-refractivity contribution in [3.8, 4) is 0 Å². The van der Waals surface area contributed by atoms with Crippen molar-refractivity contribution in [3.05, 3.63) is 35.9 Å². The van der Waals surface area contributed by atoms with Crippen LogP contribution in [0.25, 0.3) is 0 Å². The van der Waals surface area contributed by atoms with E-state index in [4.69, 9.17) is 38.6 Å². The van der Waals surface area contributed by atoms with Crippen molar-refractivity contribution in [2.75, 3.05) is 32.8 Å². The predicted octanol–water partition coefficient (Wildman–Crippen LogP) is -3.84. The Morgan fingerprint density at radius 2 is 1.05 bits per heavy atom. The van der Waals surface area contributed by atoms with Crippen molar-refractivity contribution < 1.29 is 73.2 Å². The number of aliphatic hydroxyl groups is 2. The number of hydrogen-bond donors (Lipinski definition) is 18. The molecule has 0 spiro atoms. The van der Waals surface area contributed by atoms with Crippen molar-refractivity contribution in [2.24, 2.45) is 51.4 Å². The minimum absolute atomic E-state index is 0.0346. The van der Waals surface area contributed by atoms with E-state index in [-0.39, 0.29) is 57.1 Å². The van der Waals surface area contributed by atoms with Crippen LogP contribution in [0.15, 0.2) is 35.3 Å². The number of guanidine groups is 1. The third-order valence-corrected chi connectivity index (χ3v) is 13.1. The Bertz CT molecular complexity index is 2300. The van der Waals surface area contributed by atoms with Crippen LogP contribution in [0, 0.1) is 17.8 Å². The molecule has 0 heterocycles. The number of carboxylic acids is 2. The Kier molecular flexibility index (Phi) is 38.5. The van der Waals surface area contributed by atoms with Crippen LogP contribution < -0.4 is 76.5 Å². The summed E-state index contributed by atoms with van der Waals surface area (Å²) in [6.07, 6.45) is 1.16. The number of nitrogens with two attached hydrogens (primary N) is 5. The van der Waals surface area contributed by atoms with Crippen LogP contribution >= 0.6 is 0 Å². The van der Waals surface area contributed by atoms with E-state index >= 15 is 0 Å². The molecule has 482 valence electrons. The van der Waals surface area contributed by atoms with Crippen LogP contribution in [0.5, 0.6) is 0 Å². The van der Waals surface area contributed by atoms with E-state index in [0.29, 0.717) is 50.6 Å². The smallest absolute Gasteiger partial charge is 0.326 e. The van der Waals surface area contributed by atoms with E-state index in [2.05, 4.69) is 52.8 Å². The number of benzene rings is 1. The zero-order valence-electron chi connectivity index (χ0n) is 50.3. The quantitative estimate of drug-likeness (QED) is 0.0170. The molecule has 0 aliphatic heterocycles. The van der Waals surface area contributed by atoms with Gasteiger partial charge in [-0.15, -0.1) is 0 Å². The van der Waals surface area contributed by atoms with Gasteiger partial charge in [0.25, 0.3) is 5.97 Å². The van der Waals surface area contributed by atoms with Gasteiger partial charge in [-0.05, 0) is 101 Å². The van der Waals surface area contributed by atoms with Gasteiger partial charge in [-0.1, -0.05) is 78.3 Å². The molecule has 0 bridgehead atoms. The lowest BCUT2D eigenvalue weighted by atomic mass is 9.96. The Morgan fingerprint density at radius 3 is 1.55 bits per heavy atom. The molecule has 85 heavy (non-hydrogen) atoms. The first kappa shape index (κ1) is 77.5. The molecular formula is C55H97N15O15. The average molecular weight is 1210 g/mol. The lowest BCUT2D eigenvalue weighted by Gasteiger charge is -2.29. The molecule has 1 aromatic rings. The molecule has 0 unspecified atom stereocenters. The molecule has 1 aromatic carbocycles. The molecule has 11 atom stereocenters.